The van der Waals surface area contributed by atoms with Crippen LogP contribution >= 0.6 is 0 Å². The summed E-state index contributed by atoms with van der Waals surface area (Å²) in [5, 5.41) is 13.6. The van der Waals surface area contributed by atoms with Gasteiger partial charge in [0.25, 0.3) is 0 Å². The van der Waals surface area contributed by atoms with Crippen molar-refractivity contribution >= 4 is 33.9 Å². The van der Waals surface area contributed by atoms with E-state index in [1.807, 2.05) is 0 Å². The zero-order valence-electron chi connectivity index (χ0n) is 17.4. The summed E-state index contributed by atoms with van der Waals surface area (Å²) >= 11 is 0. The van der Waals surface area contributed by atoms with E-state index in [1.54, 1.807) is 0 Å². The van der Waals surface area contributed by atoms with E-state index in [2.05, 4.69) is 30.2 Å². The second kappa shape index (κ2) is 7.43. The third-order valence-electron chi connectivity index (χ3n) is 7.09. The fourth-order valence-corrected chi connectivity index (χ4v) is 5.59. The zero-order chi connectivity index (χ0) is 22.7. The van der Waals surface area contributed by atoms with Gasteiger partial charge in [0.05, 0.1) is 11.4 Å². The second-order valence-electron chi connectivity index (χ2n) is 8.85. The molecule has 10 heteroatoms. The first-order chi connectivity index (χ1) is 16.0. The number of aromatic amines is 1. The number of aliphatic carboxylic acids is 1. The number of benzene rings is 1. The average molecular weight is 450 g/mol. The molecule has 1 aromatic carbocycles. The molecule has 3 heterocycles. The Hall–Kier alpha value is -3.69. The van der Waals surface area contributed by atoms with E-state index in [4.69, 9.17) is 0 Å². The molecule has 8 nitrogen and oxygen atoms in total. The maximum Gasteiger partial charge on any atom is 0.308 e. The molecule has 3 aliphatic rings. The first-order valence-corrected chi connectivity index (χ1v) is 10.9. The molecule has 2 bridgehead atoms. The number of hydrogen-bond acceptors (Lipinski definition) is 6. The summed E-state index contributed by atoms with van der Waals surface area (Å²) < 4.78 is 28.2. The Morgan fingerprint density at radius 2 is 1.82 bits per heavy atom. The molecule has 0 radical (unpaired) electrons. The van der Waals surface area contributed by atoms with Crippen LogP contribution in [0.4, 0.5) is 14.6 Å². The van der Waals surface area contributed by atoms with E-state index in [0.29, 0.717) is 27.9 Å². The van der Waals surface area contributed by atoms with E-state index in [9.17, 15) is 18.7 Å². The Kier molecular flexibility index (Phi) is 4.49. The van der Waals surface area contributed by atoms with Crippen molar-refractivity contribution in [3.05, 3.63) is 42.4 Å². The smallest absolute Gasteiger partial charge is 0.308 e. The number of fused-ring (bicyclic) bond motifs is 5. The summed E-state index contributed by atoms with van der Waals surface area (Å²) in [7, 11) is 0. The van der Waals surface area contributed by atoms with Crippen LogP contribution in [-0.2, 0) is 4.79 Å². The first-order valence-electron chi connectivity index (χ1n) is 10.9. The van der Waals surface area contributed by atoms with Gasteiger partial charge in [-0.15, -0.1) is 0 Å². The second-order valence-corrected chi connectivity index (χ2v) is 8.85. The number of rotatable bonds is 4. The molecule has 7 rings (SSSR count). The van der Waals surface area contributed by atoms with E-state index < -0.39 is 23.5 Å². The Balaban J connectivity index is 1.49. The van der Waals surface area contributed by atoms with E-state index in [-0.39, 0.29) is 29.2 Å². The Labute approximate surface area is 186 Å². The summed E-state index contributed by atoms with van der Waals surface area (Å²) in [4.78, 5) is 32.7. The predicted molar refractivity (Wildman–Crippen MR) is 116 cm³/mol. The summed E-state index contributed by atoms with van der Waals surface area (Å²) in [6, 6.07) is 1.75. The highest BCUT2D eigenvalue weighted by atomic mass is 19.1. The van der Waals surface area contributed by atoms with Crippen LogP contribution in [0.25, 0.3) is 33.5 Å². The summed E-state index contributed by atoms with van der Waals surface area (Å²) in [5.74, 6) is -1.80. The number of H-pyrrole nitrogens is 1. The molecule has 0 spiro atoms. The summed E-state index contributed by atoms with van der Waals surface area (Å²) in [6.45, 7) is 0. The minimum absolute atomic E-state index is 0.128. The minimum Gasteiger partial charge on any atom is -0.481 e. The fourth-order valence-electron chi connectivity index (χ4n) is 5.59. The Bertz CT molecular complexity index is 1400. The number of nitrogens with zero attached hydrogens (tertiary/aromatic N) is 4. The van der Waals surface area contributed by atoms with Crippen molar-refractivity contribution in [2.24, 2.45) is 17.8 Å². The van der Waals surface area contributed by atoms with Gasteiger partial charge in [-0.3, -0.25) is 4.79 Å². The highest BCUT2D eigenvalue weighted by Crippen LogP contribution is 2.46. The number of carbonyl (C=O) groups is 1. The van der Waals surface area contributed by atoms with Crippen LogP contribution in [0.1, 0.15) is 25.7 Å². The van der Waals surface area contributed by atoms with Crippen LogP contribution in [0, 0.1) is 29.4 Å². The van der Waals surface area contributed by atoms with Crippen LogP contribution in [0.2, 0.25) is 0 Å². The van der Waals surface area contributed by atoms with Crippen LogP contribution < -0.4 is 5.32 Å². The van der Waals surface area contributed by atoms with E-state index >= 15 is 0 Å². The molecule has 3 fully saturated rings. The summed E-state index contributed by atoms with van der Waals surface area (Å²) in [6.07, 6.45) is 8.32. The van der Waals surface area contributed by atoms with Gasteiger partial charge in [-0.05, 0) is 43.6 Å². The Morgan fingerprint density at radius 3 is 2.61 bits per heavy atom. The zero-order valence-corrected chi connectivity index (χ0v) is 17.4. The quantitative estimate of drug-likeness (QED) is 0.428. The lowest BCUT2D eigenvalue weighted by Crippen LogP contribution is -2.51. The van der Waals surface area contributed by atoms with Gasteiger partial charge in [-0.1, -0.05) is 0 Å². The SMILES string of the molecule is O=C(O)[C@@H]1C2CCC(CC2)[C@H]1Nc1nc(-c2c[nH]c3c(F)cc(F)cc23)nc2nccnc12. The lowest BCUT2D eigenvalue weighted by atomic mass is 9.61. The lowest BCUT2D eigenvalue weighted by molar-refractivity contribution is -0.148. The first kappa shape index (κ1) is 20.0. The molecule has 0 unspecified atom stereocenters. The lowest BCUT2D eigenvalue weighted by Gasteiger charge is -2.47. The molecule has 33 heavy (non-hydrogen) atoms. The van der Waals surface area contributed by atoms with Crippen molar-refractivity contribution in [2.75, 3.05) is 5.32 Å². The molecule has 4 aromatic rings. The van der Waals surface area contributed by atoms with Crippen molar-refractivity contribution in [3.63, 3.8) is 0 Å². The number of carboxylic acid groups (broad SMARTS) is 1. The van der Waals surface area contributed by atoms with Gasteiger partial charge in [0.15, 0.2) is 17.3 Å². The van der Waals surface area contributed by atoms with Crippen LogP contribution in [0.3, 0.4) is 0 Å². The van der Waals surface area contributed by atoms with E-state index in [1.165, 1.54) is 24.7 Å². The van der Waals surface area contributed by atoms with Crippen molar-refractivity contribution in [1.29, 1.82) is 0 Å². The molecule has 0 aliphatic heterocycles. The van der Waals surface area contributed by atoms with Crippen molar-refractivity contribution < 1.29 is 18.7 Å². The van der Waals surface area contributed by atoms with Gasteiger partial charge in [0.1, 0.15) is 17.2 Å². The highest BCUT2D eigenvalue weighted by Gasteiger charge is 2.47. The normalized spacial score (nSPS) is 24.4. The molecule has 3 aliphatic carbocycles. The number of halogens is 2. The number of carboxylic acids is 1. The van der Waals surface area contributed by atoms with Gasteiger partial charge < -0.3 is 15.4 Å². The van der Waals surface area contributed by atoms with Crippen molar-refractivity contribution in [3.8, 4) is 11.4 Å². The van der Waals surface area contributed by atoms with Gasteiger partial charge in [-0.25, -0.2) is 28.7 Å². The molecule has 2 atom stereocenters. The number of nitrogens with one attached hydrogen (secondary N) is 2. The fraction of sp³-hybridized carbons (Fsp3) is 0.348. The minimum atomic E-state index is -0.811. The van der Waals surface area contributed by atoms with Gasteiger partial charge in [-0.2, -0.15) is 0 Å². The molecule has 3 saturated carbocycles. The number of hydrogen-bond donors (Lipinski definition) is 3. The number of anilines is 1. The molecule has 168 valence electrons. The van der Waals surface area contributed by atoms with Crippen LogP contribution in [0.15, 0.2) is 30.7 Å². The standard InChI is InChI=1S/C23H20F2N6O2/c24-12-7-13-14(9-28-18(13)15(25)8-12)20-30-21-19(26-5-6-27-21)22(31-20)29-17-11-3-1-10(2-4-11)16(17)23(32)33/h5-11,16-17,28H,1-4H2,(H,32,33)(H,27,29,30,31)/t10?,11?,16-,17-/m1/s1. The molecule has 3 N–H and O–H groups in total. The Morgan fingerprint density at radius 1 is 1.06 bits per heavy atom. The van der Waals surface area contributed by atoms with E-state index in [0.717, 1.165) is 31.7 Å². The topological polar surface area (TPSA) is 117 Å². The van der Waals surface area contributed by atoms with Crippen LogP contribution in [0.5, 0.6) is 0 Å². The van der Waals surface area contributed by atoms with Gasteiger partial charge in [0.2, 0.25) is 0 Å². The maximum absolute atomic E-state index is 14.2. The largest absolute Gasteiger partial charge is 0.481 e. The van der Waals surface area contributed by atoms with Gasteiger partial charge in [0, 0.05) is 41.6 Å². The molecule has 3 aromatic heterocycles. The third kappa shape index (κ3) is 3.20. The number of aromatic nitrogens is 5. The predicted octanol–water partition coefficient (Wildman–Crippen LogP) is 4.15. The average Bonchev–Trinajstić information content (AvgIpc) is 3.23. The van der Waals surface area contributed by atoms with Crippen molar-refractivity contribution in [2.45, 2.75) is 31.7 Å². The van der Waals surface area contributed by atoms with Crippen molar-refractivity contribution in [1.82, 2.24) is 24.9 Å². The molecular weight excluding hydrogens is 430 g/mol. The third-order valence-corrected chi connectivity index (χ3v) is 7.09. The molecule has 0 saturated heterocycles. The highest BCUT2D eigenvalue weighted by molar-refractivity contribution is 5.96. The molecule has 0 amide bonds. The summed E-state index contributed by atoms with van der Waals surface area (Å²) in [5.41, 5.74) is 1.30. The maximum atomic E-state index is 14.2. The molecular formula is C23H20F2N6O2. The monoisotopic (exact) mass is 450 g/mol. The van der Waals surface area contributed by atoms with Gasteiger partial charge >= 0.3 is 5.97 Å². The van der Waals surface area contributed by atoms with Crippen LogP contribution in [-0.4, -0.2) is 42.0 Å².